The van der Waals surface area contributed by atoms with E-state index in [1.165, 1.54) is 0 Å². The molecule has 0 spiro atoms. The molecule has 2 aromatic rings. The van der Waals surface area contributed by atoms with Crippen LogP contribution in [0, 0.1) is 0 Å². The monoisotopic (exact) mass is 347 g/mol. The van der Waals surface area contributed by atoms with Crippen LogP contribution in [0.15, 0.2) is 28.7 Å². The second kappa shape index (κ2) is 7.41. The molecule has 2 rings (SSSR count). The normalized spacial score (nSPS) is 11.1. The summed E-state index contributed by atoms with van der Waals surface area (Å²) < 4.78 is 11.3. The van der Waals surface area contributed by atoms with Gasteiger partial charge in [-0.2, -0.15) is 0 Å². The van der Waals surface area contributed by atoms with Gasteiger partial charge in [0.1, 0.15) is 23.9 Å². The number of benzene rings is 1. The summed E-state index contributed by atoms with van der Waals surface area (Å²) in [5.74, 6) is 2.06. The molecule has 0 aliphatic carbocycles. The van der Waals surface area contributed by atoms with Crippen LogP contribution in [0.3, 0.4) is 0 Å². The SMILES string of the molecule is CC(C)NCc1ccc(COc2cc(Cl)c(Cl)cc2Cl)o1. The minimum absolute atomic E-state index is 0.277. The Balaban J connectivity index is 1.96. The fourth-order valence-electron chi connectivity index (χ4n) is 1.66. The zero-order valence-electron chi connectivity index (χ0n) is 11.8. The lowest BCUT2D eigenvalue weighted by Gasteiger charge is -2.08. The maximum atomic E-state index is 6.05. The Morgan fingerprint density at radius 2 is 1.71 bits per heavy atom. The van der Waals surface area contributed by atoms with Gasteiger partial charge >= 0.3 is 0 Å². The van der Waals surface area contributed by atoms with E-state index in [4.69, 9.17) is 44.0 Å². The Kier molecular flexibility index (Phi) is 5.82. The average molecular weight is 349 g/mol. The van der Waals surface area contributed by atoms with Crippen molar-refractivity contribution in [2.24, 2.45) is 0 Å². The maximum Gasteiger partial charge on any atom is 0.146 e. The molecule has 21 heavy (non-hydrogen) atoms. The fraction of sp³-hybridized carbons (Fsp3) is 0.333. The van der Waals surface area contributed by atoms with E-state index >= 15 is 0 Å². The van der Waals surface area contributed by atoms with Crippen molar-refractivity contribution < 1.29 is 9.15 Å². The number of hydrogen-bond acceptors (Lipinski definition) is 3. The van der Waals surface area contributed by atoms with Crippen molar-refractivity contribution in [2.75, 3.05) is 0 Å². The lowest BCUT2D eigenvalue weighted by atomic mass is 10.3. The van der Waals surface area contributed by atoms with Crippen LogP contribution in [0.25, 0.3) is 0 Å². The maximum absolute atomic E-state index is 6.05. The minimum atomic E-state index is 0.277. The molecule has 0 amide bonds. The molecule has 0 bridgehead atoms. The zero-order chi connectivity index (χ0) is 15.4. The van der Waals surface area contributed by atoms with E-state index in [-0.39, 0.29) is 6.61 Å². The van der Waals surface area contributed by atoms with Gasteiger partial charge < -0.3 is 14.5 Å². The van der Waals surface area contributed by atoms with E-state index in [0.717, 1.165) is 11.5 Å². The van der Waals surface area contributed by atoms with E-state index in [0.29, 0.717) is 33.4 Å². The Morgan fingerprint density at radius 3 is 2.43 bits per heavy atom. The third kappa shape index (κ3) is 4.82. The van der Waals surface area contributed by atoms with Crippen molar-refractivity contribution >= 4 is 34.8 Å². The summed E-state index contributed by atoms with van der Waals surface area (Å²) in [7, 11) is 0. The molecule has 0 saturated heterocycles. The lowest BCUT2D eigenvalue weighted by Crippen LogP contribution is -2.21. The summed E-state index contributed by atoms with van der Waals surface area (Å²) in [6.45, 7) is 5.13. The summed E-state index contributed by atoms with van der Waals surface area (Å²) in [6, 6.07) is 7.36. The molecule has 1 aromatic carbocycles. The summed E-state index contributed by atoms with van der Waals surface area (Å²) in [5.41, 5.74) is 0. The molecule has 1 heterocycles. The lowest BCUT2D eigenvalue weighted by molar-refractivity contribution is 0.265. The van der Waals surface area contributed by atoms with Crippen molar-refractivity contribution in [2.45, 2.75) is 33.0 Å². The Hall–Kier alpha value is -0.870. The molecule has 1 aromatic heterocycles. The molecule has 0 fully saturated rings. The van der Waals surface area contributed by atoms with Crippen molar-refractivity contribution in [1.82, 2.24) is 5.32 Å². The highest BCUT2D eigenvalue weighted by atomic mass is 35.5. The number of hydrogen-bond donors (Lipinski definition) is 1. The summed E-state index contributed by atoms with van der Waals surface area (Å²) in [6.07, 6.45) is 0. The van der Waals surface area contributed by atoms with E-state index < -0.39 is 0 Å². The Morgan fingerprint density at radius 1 is 1.05 bits per heavy atom. The molecular weight excluding hydrogens is 333 g/mol. The van der Waals surface area contributed by atoms with Gasteiger partial charge in [0.15, 0.2) is 0 Å². The van der Waals surface area contributed by atoms with Crippen LogP contribution in [0.1, 0.15) is 25.4 Å². The molecule has 0 aliphatic rings. The molecular formula is C15H16Cl3NO2. The van der Waals surface area contributed by atoms with Crippen LogP contribution in [0.2, 0.25) is 15.1 Å². The topological polar surface area (TPSA) is 34.4 Å². The van der Waals surface area contributed by atoms with Gasteiger partial charge in [-0.05, 0) is 18.2 Å². The first-order chi connectivity index (χ1) is 9.95. The van der Waals surface area contributed by atoms with Crippen LogP contribution in [0.4, 0.5) is 0 Å². The molecule has 6 heteroatoms. The number of nitrogens with one attached hydrogen (secondary N) is 1. The molecule has 3 nitrogen and oxygen atoms in total. The standard InChI is InChI=1S/C15H16Cl3NO2/c1-9(2)19-7-10-3-4-11(21-10)8-20-15-6-13(17)12(16)5-14(15)18/h3-6,9,19H,7-8H2,1-2H3. The first-order valence-corrected chi connectivity index (χ1v) is 7.67. The highest BCUT2D eigenvalue weighted by Gasteiger charge is 2.09. The van der Waals surface area contributed by atoms with Crippen LogP contribution in [0.5, 0.6) is 5.75 Å². The van der Waals surface area contributed by atoms with Gasteiger partial charge in [-0.25, -0.2) is 0 Å². The smallest absolute Gasteiger partial charge is 0.146 e. The summed E-state index contributed by atoms with van der Waals surface area (Å²) in [5, 5.41) is 4.50. The molecule has 0 unspecified atom stereocenters. The Bertz CT molecular complexity index is 611. The van der Waals surface area contributed by atoms with Gasteiger partial charge in [0, 0.05) is 12.1 Å². The van der Waals surface area contributed by atoms with Crippen LogP contribution >= 0.6 is 34.8 Å². The third-order valence-corrected chi connectivity index (χ3v) is 3.76. The zero-order valence-corrected chi connectivity index (χ0v) is 14.0. The highest BCUT2D eigenvalue weighted by Crippen LogP contribution is 2.34. The van der Waals surface area contributed by atoms with Gasteiger partial charge in [-0.15, -0.1) is 0 Å². The highest BCUT2D eigenvalue weighted by molar-refractivity contribution is 6.43. The van der Waals surface area contributed by atoms with Crippen molar-refractivity contribution in [3.05, 3.63) is 50.9 Å². The molecule has 0 atom stereocenters. The predicted molar refractivity (Wildman–Crippen MR) is 86.5 cm³/mol. The van der Waals surface area contributed by atoms with Gasteiger partial charge in [0.25, 0.3) is 0 Å². The Labute approximate surface area is 139 Å². The number of ether oxygens (including phenoxy) is 1. The summed E-state index contributed by atoms with van der Waals surface area (Å²) >= 11 is 17.9. The van der Waals surface area contributed by atoms with Gasteiger partial charge in [-0.3, -0.25) is 0 Å². The first-order valence-electron chi connectivity index (χ1n) is 6.54. The van der Waals surface area contributed by atoms with Crippen LogP contribution in [-0.4, -0.2) is 6.04 Å². The number of rotatable bonds is 6. The molecule has 0 saturated carbocycles. The van der Waals surface area contributed by atoms with E-state index in [2.05, 4.69) is 19.2 Å². The van der Waals surface area contributed by atoms with Crippen molar-refractivity contribution in [3.8, 4) is 5.75 Å². The second-order valence-corrected chi connectivity index (χ2v) is 6.11. The minimum Gasteiger partial charge on any atom is -0.484 e. The molecule has 0 aliphatic heterocycles. The summed E-state index contributed by atoms with van der Waals surface area (Å²) in [4.78, 5) is 0. The molecule has 0 radical (unpaired) electrons. The molecule has 114 valence electrons. The van der Waals surface area contributed by atoms with Crippen LogP contribution in [-0.2, 0) is 13.2 Å². The quantitative estimate of drug-likeness (QED) is 0.718. The third-order valence-electron chi connectivity index (χ3n) is 2.75. The fourth-order valence-corrected chi connectivity index (χ4v) is 2.25. The van der Waals surface area contributed by atoms with E-state index in [1.54, 1.807) is 12.1 Å². The van der Waals surface area contributed by atoms with E-state index in [1.807, 2.05) is 12.1 Å². The second-order valence-electron chi connectivity index (χ2n) is 4.89. The van der Waals surface area contributed by atoms with Crippen molar-refractivity contribution in [3.63, 3.8) is 0 Å². The van der Waals surface area contributed by atoms with Crippen LogP contribution < -0.4 is 10.1 Å². The van der Waals surface area contributed by atoms with Gasteiger partial charge in [0.2, 0.25) is 0 Å². The van der Waals surface area contributed by atoms with E-state index in [9.17, 15) is 0 Å². The largest absolute Gasteiger partial charge is 0.484 e. The van der Waals surface area contributed by atoms with Gasteiger partial charge in [0.05, 0.1) is 21.6 Å². The number of furan rings is 1. The predicted octanol–water partition coefficient (Wildman–Crippen LogP) is 5.32. The van der Waals surface area contributed by atoms with Crippen molar-refractivity contribution in [1.29, 1.82) is 0 Å². The molecule has 1 N–H and O–H groups in total. The average Bonchev–Trinajstić information content (AvgIpc) is 2.87. The van der Waals surface area contributed by atoms with Gasteiger partial charge in [-0.1, -0.05) is 48.7 Å². The first kappa shape index (κ1) is 16.5. The number of halogens is 3.